The molecule has 0 N–H and O–H groups in total. The van der Waals surface area contributed by atoms with Crippen molar-refractivity contribution in [2.45, 2.75) is 38.5 Å². The molecule has 0 spiro atoms. The smallest absolute Gasteiger partial charge is 0.130 e. The summed E-state index contributed by atoms with van der Waals surface area (Å²) in [6, 6.07) is 20.0. The van der Waals surface area contributed by atoms with E-state index in [2.05, 4.69) is 96.9 Å². The molecule has 0 amide bonds. The molecule has 0 bridgehead atoms. The maximum atomic E-state index is 6.30. The van der Waals surface area contributed by atoms with Gasteiger partial charge in [-0.25, -0.2) is 0 Å². The number of aromatic nitrogens is 1. The van der Waals surface area contributed by atoms with E-state index in [1.54, 1.807) is 0 Å². The van der Waals surface area contributed by atoms with Gasteiger partial charge in [0.15, 0.2) is 0 Å². The van der Waals surface area contributed by atoms with Gasteiger partial charge in [-0.3, -0.25) is 9.98 Å². The zero-order chi connectivity index (χ0) is 26.9. The van der Waals surface area contributed by atoms with Crippen molar-refractivity contribution in [1.29, 1.82) is 0 Å². The lowest BCUT2D eigenvalue weighted by Gasteiger charge is -2.20. The van der Waals surface area contributed by atoms with Gasteiger partial charge in [-0.1, -0.05) is 67.6 Å². The number of aliphatic imine (C=N–C) groups is 1. The summed E-state index contributed by atoms with van der Waals surface area (Å²) in [5.74, 6) is 2.98. The molecule has 2 aromatic carbocycles. The Morgan fingerprint density at radius 3 is 2.45 bits per heavy atom. The van der Waals surface area contributed by atoms with Crippen LogP contribution in [0.3, 0.4) is 0 Å². The van der Waals surface area contributed by atoms with E-state index in [0.29, 0.717) is 11.8 Å². The number of rotatable bonds is 4. The van der Waals surface area contributed by atoms with Crippen LogP contribution in [0, 0.1) is 5.92 Å². The highest BCUT2D eigenvalue weighted by atomic mass is 16.3. The fraction of sp³-hybridized carbons (Fsp3) is 0.189. The van der Waals surface area contributed by atoms with Crippen molar-refractivity contribution in [2.75, 3.05) is 0 Å². The summed E-state index contributed by atoms with van der Waals surface area (Å²) < 4.78 is 6.30. The first-order chi connectivity index (χ1) is 19.7. The van der Waals surface area contributed by atoms with Crippen molar-refractivity contribution in [3.63, 3.8) is 0 Å². The van der Waals surface area contributed by atoms with Gasteiger partial charge < -0.3 is 4.42 Å². The van der Waals surface area contributed by atoms with Crippen LogP contribution in [0.5, 0.6) is 0 Å². The Kier molecular flexibility index (Phi) is 6.49. The number of pyridine rings is 1. The van der Waals surface area contributed by atoms with E-state index in [1.807, 2.05) is 30.8 Å². The van der Waals surface area contributed by atoms with E-state index in [-0.39, 0.29) is 0 Å². The number of fused-ring (bicyclic) bond motifs is 3. The second-order valence-electron chi connectivity index (χ2n) is 11.1. The third-order valence-electron chi connectivity index (χ3n) is 8.24. The molecule has 196 valence electrons. The Morgan fingerprint density at radius 1 is 0.800 bits per heavy atom. The van der Waals surface area contributed by atoms with Crippen LogP contribution in [0.2, 0.25) is 0 Å². The van der Waals surface area contributed by atoms with E-state index in [9.17, 15) is 0 Å². The molecule has 3 heteroatoms. The Bertz CT molecular complexity index is 1700. The van der Waals surface area contributed by atoms with Gasteiger partial charge in [-0.05, 0) is 102 Å². The minimum absolute atomic E-state index is 0.363. The third kappa shape index (κ3) is 4.84. The van der Waals surface area contributed by atoms with Gasteiger partial charge in [0.25, 0.3) is 0 Å². The molecule has 2 unspecified atom stereocenters. The molecule has 2 aromatic heterocycles. The Labute approximate surface area is 236 Å². The monoisotopic (exact) mass is 520 g/mol. The maximum Gasteiger partial charge on any atom is 0.130 e. The highest BCUT2D eigenvalue weighted by Gasteiger charge is 2.26. The first-order valence-electron chi connectivity index (χ1n) is 14.3. The molecular formula is C37H32N2O. The van der Waals surface area contributed by atoms with Crippen molar-refractivity contribution < 1.29 is 4.42 Å². The summed E-state index contributed by atoms with van der Waals surface area (Å²) in [6.07, 6.45) is 24.8. The lowest BCUT2D eigenvalue weighted by atomic mass is 9.84. The molecule has 3 aliphatic rings. The Hall–Kier alpha value is -4.50. The van der Waals surface area contributed by atoms with Crippen LogP contribution in [0.4, 0.5) is 0 Å². The van der Waals surface area contributed by atoms with Crippen molar-refractivity contribution in [2.24, 2.45) is 10.9 Å². The van der Waals surface area contributed by atoms with E-state index in [4.69, 9.17) is 9.41 Å². The molecule has 40 heavy (non-hydrogen) atoms. The summed E-state index contributed by atoms with van der Waals surface area (Å²) in [6.45, 7) is 2.29. The summed E-state index contributed by atoms with van der Waals surface area (Å²) in [7, 11) is 0. The molecule has 4 aromatic rings. The average Bonchev–Trinajstić information content (AvgIpc) is 3.20. The topological polar surface area (TPSA) is 38.4 Å². The number of allylic oxidation sites excluding steroid dienone is 5. The molecule has 0 saturated heterocycles. The molecule has 3 heterocycles. The molecule has 2 atom stereocenters. The summed E-state index contributed by atoms with van der Waals surface area (Å²) >= 11 is 0. The van der Waals surface area contributed by atoms with E-state index in [0.717, 1.165) is 48.5 Å². The zero-order valence-corrected chi connectivity index (χ0v) is 22.8. The molecule has 3 nitrogen and oxygen atoms in total. The van der Waals surface area contributed by atoms with Crippen LogP contribution in [0.25, 0.3) is 40.1 Å². The predicted octanol–water partition coefficient (Wildman–Crippen LogP) is 9.33. The van der Waals surface area contributed by atoms with Gasteiger partial charge in [0.05, 0.1) is 5.70 Å². The SMILES string of the molecule is CC1C=Cc2oc3c(c2C1)CC(c1cc(C2=CCC=CC=N2)cc(-c2ccc(-c4cccnc4)cc2)c1)CC=C3. The van der Waals surface area contributed by atoms with Crippen LogP contribution < -0.4 is 0 Å². The number of benzene rings is 2. The van der Waals surface area contributed by atoms with Crippen LogP contribution in [-0.4, -0.2) is 11.2 Å². The number of hydrogen-bond donors (Lipinski definition) is 0. The Balaban J connectivity index is 1.29. The van der Waals surface area contributed by atoms with Crippen LogP contribution in [-0.2, 0) is 12.8 Å². The van der Waals surface area contributed by atoms with Gasteiger partial charge in [0.1, 0.15) is 11.5 Å². The van der Waals surface area contributed by atoms with E-state index in [1.165, 1.54) is 38.9 Å². The molecule has 7 rings (SSSR count). The van der Waals surface area contributed by atoms with Gasteiger partial charge in [0, 0.05) is 35.3 Å². The predicted molar refractivity (Wildman–Crippen MR) is 166 cm³/mol. The molecule has 0 radical (unpaired) electrons. The second-order valence-corrected chi connectivity index (χ2v) is 11.1. The number of nitrogens with zero attached hydrogens (tertiary/aromatic N) is 2. The van der Waals surface area contributed by atoms with Gasteiger partial charge in [0.2, 0.25) is 0 Å². The number of furan rings is 1. The average molecular weight is 521 g/mol. The van der Waals surface area contributed by atoms with Crippen molar-refractivity contribution in [3.05, 3.63) is 131 Å². The fourth-order valence-electron chi connectivity index (χ4n) is 6.10. The van der Waals surface area contributed by atoms with E-state index < -0.39 is 0 Å². The highest BCUT2D eigenvalue weighted by Crippen LogP contribution is 2.40. The van der Waals surface area contributed by atoms with Gasteiger partial charge >= 0.3 is 0 Å². The third-order valence-corrected chi connectivity index (χ3v) is 8.24. The van der Waals surface area contributed by atoms with Gasteiger partial charge in [-0.15, -0.1) is 0 Å². The summed E-state index contributed by atoms with van der Waals surface area (Å²) in [4.78, 5) is 9.07. The lowest BCUT2D eigenvalue weighted by Crippen LogP contribution is -2.08. The van der Waals surface area contributed by atoms with Crippen molar-refractivity contribution in [3.8, 4) is 22.3 Å². The second kappa shape index (κ2) is 10.6. The quantitative estimate of drug-likeness (QED) is 0.269. The standard InChI is InChI=1S/C37H32N2O/c1-25-11-16-37-33(19-25)34-23-28(7-5-10-36(34)40-37)31-20-30(21-32(22-31)35-9-3-2-4-18-39-35)27-14-12-26(13-15-27)29-8-6-17-38-24-29/h2,4-6,8-18,20-22,24-25,28H,3,7,19,23H2,1H3. The van der Waals surface area contributed by atoms with Crippen LogP contribution >= 0.6 is 0 Å². The molecule has 2 aliphatic carbocycles. The summed E-state index contributed by atoms with van der Waals surface area (Å²) in [5, 5.41) is 0. The fourth-order valence-corrected chi connectivity index (χ4v) is 6.10. The number of hydrogen-bond acceptors (Lipinski definition) is 3. The van der Waals surface area contributed by atoms with Gasteiger partial charge in [-0.2, -0.15) is 0 Å². The zero-order valence-electron chi connectivity index (χ0n) is 22.8. The molecule has 0 saturated carbocycles. The van der Waals surface area contributed by atoms with E-state index >= 15 is 0 Å². The molecule has 1 aliphatic heterocycles. The van der Waals surface area contributed by atoms with Crippen molar-refractivity contribution >= 4 is 24.1 Å². The van der Waals surface area contributed by atoms with Crippen LogP contribution in [0.1, 0.15) is 59.5 Å². The molecular weight excluding hydrogens is 488 g/mol. The van der Waals surface area contributed by atoms with Crippen molar-refractivity contribution in [1.82, 2.24) is 4.98 Å². The van der Waals surface area contributed by atoms with Crippen LogP contribution in [0.15, 0.2) is 107 Å². The minimum atomic E-state index is 0.363. The minimum Gasteiger partial charge on any atom is -0.457 e. The lowest BCUT2D eigenvalue weighted by molar-refractivity contribution is 0.534. The first kappa shape index (κ1) is 24.5. The Morgan fingerprint density at radius 2 is 1.60 bits per heavy atom. The maximum absolute atomic E-state index is 6.30. The summed E-state index contributed by atoms with van der Waals surface area (Å²) in [5.41, 5.74) is 11.1. The first-order valence-corrected chi connectivity index (χ1v) is 14.3. The largest absolute Gasteiger partial charge is 0.457 e. The highest BCUT2D eigenvalue weighted by molar-refractivity contribution is 5.83. The molecule has 0 fully saturated rings. The normalized spacial score (nSPS) is 19.5.